The number of carbonyl (C=O) groups excluding carboxylic acids is 1. The molecule has 0 fully saturated rings. The van der Waals surface area contributed by atoms with E-state index in [1.165, 1.54) is 0 Å². The van der Waals surface area contributed by atoms with Crippen LogP contribution in [0.3, 0.4) is 0 Å². The fourth-order valence-corrected chi connectivity index (χ4v) is 2.65. The summed E-state index contributed by atoms with van der Waals surface area (Å²) in [5.41, 5.74) is -1.97. The minimum absolute atomic E-state index is 0.0881. The highest BCUT2D eigenvalue weighted by molar-refractivity contribution is 8.45. The molecule has 0 N–H and O–H groups in total. The summed E-state index contributed by atoms with van der Waals surface area (Å²) >= 11 is 4.96. The Hall–Kier alpha value is -1.49. The summed E-state index contributed by atoms with van der Waals surface area (Å²) in [6, 6.07) is 0.145. The number of carbonyl (C=O) groups is 1. The molecule has 0 radical (unpaired) electrons. The van der Waals surface area contributed by atoms with E-state index in [4.69, 9.17) is 11.6 Å². The molecule has 1 aliphatic rings. The predicted molar refractivity (Wildman–Crippen MR) is 67.1 cm³/mol. The zero-order chi connectivity index (χ0) is 17.9. The van der Waals surface area contributed by atoms with Gasteiger partial charge in [0.1, 0.15) is 10.6 Å². The van der Waals surface area contributed by atoms with Crippen LogP contribution in [0, 0.1) is 0 Å². The van der Waals surface area contributed by atoms with E-state index < -0.39 is 49.5 Å². The average molecular weight is 389 g/mol. The molecule has 23 heavy (non-hydrogen) atoms. The molecule has 0 spiro atoms. The van der Waals surface area contributed by atoms with Gasteiger partial charge in [0.05, 0.1) is 5.57 Å². The predicted octanol–water partition coefficient (Wildman–Crippen LogP) is 5.82. The number of alkyl halides is 3. The van der Waals surface area contributed by atoms with Crippen LogP contribution >= 0.6 is 21.8 Å². The third-order valence-electron chi connectivity index (χ3n) is 2.79. The quantitative estimate of drug-likeness (QED) is 0.471. The van der Waals surface area contributed by atoms with Crippen LogP contribution in [0.25, 0.3) is 6.08 Å². The minimum atomic E-state index is -10.0. The molecule has 0 unspecified atom stereocenters. The van der Waals surface area contributed by atoms with Crippen molar-refractivity contribution in [2.75, 3.05) is 0 Å². The van der Waals surface area contributed by atoms with E-state index >= 15 is 0 Å². The summed E-state index contributed by atoms with van der Waals surface area (Å²) in [5, 5.41) is -1.63. The number of fused-ring (bicyclic) bond motifs is 1. The Bertz CT molecular complexity index is 722. The van der Waals surface area contributed by atoms with Crippen LogP contribution < -0.4 is 4.74 Å². The molecule has 0 amide bonds. The lowest BCUT2D eigenvalue weighted by molar-refractivity contribution is -0.184. The first-order valence-corrected chi connectivity index (χ1v) is 7.85. The second-order valence-corrected chi connectivity index (χ2v) is 7.33. The van der Waals surface area contributed by atoms with Gasteiger partial charge in [-0.1, -0.05) is 19.4 Å². The number of benzene rings is 1. The molecular formula is C11H5ClF8O2S. The van der Waals surface area contributed by atoms with E-state index in [0.717, 1.165) is 0 Å². The van der Waals surface area contributed by atoms with Crippen molar-refractivity contribution in [1.82, 2.24) is 0 Å². The maximum atomic E-state index is 12.8. The molecule has 2 rings (SSSR count). The van der Waals surface area contributed by atoms with Crippen LogP contribution in [0.15, 0.2) is 28.7 Å². The zero-order valence-corrected chi connectivity index (χ0v) is 12.1. The van der Waals surface area contributed by atoms with E-state index in [2.05, 4.69) is 4.74 Å². The number of halogens is 9. The molecule has 1 aromatic rings. The van der Waals surface area contributed by atoms with E-state index in [0.29, 0.717) is 12.1 Å². The lowest BCUT2D eigenvalue weighted by Gasteiger charge is -2.41. The summed E-state index contributed by atoms with van der Waals surface area (Å²) in [4.78, 5) is 8.70. The van der Waals surface area contributed by atoms with Crippen molar-refractivity contribution in [2.24, 2.45) is 0 Å². The van der Waals surface area contributed by atoms with E-state index in [1.807, 2.05) is 0 Å². The standard InChI is InChI=1S/C11H5ClF8O2S/c12-10(21)7-4-5-3-6(23(16,17,18,19)20)1-2-8(5)22-9(7)11(13,14)15/h1-4,9H/t9-/m0/s1. The van der Waals surface area contributed by atoms with Crippen LogP contribution in [0.4, 0.5) is 32.6 Å². The summed E-state index contributed by atoms with van der Waals surface area (Å²) in [7, 11) is -10.0. The smallest absolute Gasteiger partial charge is 0.429 e. The van der Waals surface area contributed by atoms with Gasteiger partial charge in [-0.15, -0.1) is 0 Å². The molecular weight excluding hydrogens is 384 g/mol. The van der Waals surface area contributed by atoms with Crippen LogP contribution in [0.1, 0.15) is 5.56 Å². The Labute approximate surface area is 128 Å². The van der Waals surface area contributed by atoms with Crippen molar-refractivity contribution < 1.29 is 42.1 Å². The van der Waals surface area contributed by atoms with Gasteiger partial charge >= 0.3 is 16.4 Å². The monoisotopic (exact) mass is 388 g/mol. The van der Waals surface area contributed by atoms with Crippen molar-refractivity contribution in [2.45, 2.75) is 17.2 Å². The zero-order valence-electron chi connectivity index (χ0n) is 10.5. The average Bonchev–Trinajstić information content (AvgIpc) is 2.32. The topological polar surface area (TPSA) is 26.3 Å². The first kappa shape index (κ1) is 17.9. The Morgan fingerprint density at radius 2 is 1.70 bits per heavy atom. The van der Waals surface area contributed by atoms with E-state index in [1.54, 1.807) is 0 Å². The van der Waals surface area contributed by atoms with Crippen LogP contribution in [-0.4, -0.2) is 17.5 Å². The van der Waals surface area contributed by atoms with Gasteiger partial charge in [0, 0.05) is 5.56 Å². The summed E-state index contributed by atoms with van der Waals surface area (Å²) in [5.74, 6) is -0.736. The number of hydrogen-bond acceptors (Lipinski definition) is 2. The van der Waals surface area contributed by atoms with Crippen LogP contribution in [0.5, 0.6) is 5.75 Å². The van der Waals surface area contributed by atoms with Crippen molar-refractivity contribution >= 4 is 33.1 Å². The van der Waals surface area contributed by atoms with Crippen LogP contribution in [-0.2, 0) is 4.79 Å². The highest BCUT2D eigenvalue weighted by Gasteiger charge is 2.65. The normalized spacial score (nSPS) is 21.4. The second kappa shape index (κ2) is 4.32. The summed E-state index contributed by atoms with van der Waals surface area (Å²) in [6.07, 6.45) is -7.53. The number of rotatable bonds is 2. The van der Waals surface area contributed by atoms with E-state index in [-0.39, 0.29) is 12.1 Å². The fourth-order valence-electron chi connectivity index (χ4n) is 1.82. The SMILES string of the molecule is O=C(Cl)C1=Cc2cc(S(F)(F)(F)(F)F)ccc2O[C@@H]1C(F)(F)F. The maximum Gasteiger partial charge on any atom is 0.429 e. The molecule has 1 heterocycles. The minimum Gasteiger partial charge on any atom is -0.475 e. The van der Waals surface area contributed by atoms with Gasteiger partial charge in [0.25, 0.3) is 5.24 Å². The molecule has 1 atom stereocenters. The molecule has 0 aromatic heterocycles. The fraction of sp³-hybridized carbons (Fsp3) is 0.182. The first-order valence-electron chi connectivity index (χ1n) is 5.52. The lowest BCUT2D eigenvalue weighted by Crippen LogP contribution is -2.39. The lowest BCUT2D eigenvalue weighted by atomic mass is 10.0. The van der Waals surface area contributed by atoms with Gasteiger partial charge in [-0.25, -0.2) is 0 Å². The van der Waals surface area contributed by atoms with Crippen molar-refractivity contribution in [3.8, 4) is 5.75 Å². The van der Waals surface area contributed by atoms with Gasteiger partial charge in [-0.3, -0.25) is 4.79 Å². The Kier molecular flexibility index (Phi) is 3.35. The Morgan fingerprint density at radius 1 is 1.13 bits per heavy atom. The molecule has 2 nitrogen and oxygen atoms in total. The molecule has 12 heteroatoms. The molecule has 0 bridgehead atoms. The number of hydrogen-bond donors (Lipinski definition) is 0. The molecule has 1 aromatic carbocycles. The summed E-state index contributed by atoms with van der Waals surface area (Å²) < 4.78 is 106. The highest BCUT2D eigenvalue weighted by atomic mass is 35.5. The second-order valence-electron chi connectivity index (χ2n) is 4.58. The maximum absolute atomic E-state index is 12.8. The Morgan fingerprint density at radius 3 is 2.13 bits per heavy atom. The van der Waals surface area contributed by atoms with Crippen molar-refractivity contribution in [1.29, 1.82) is 0 Å². The third-order valence-corrected chi connectivity index (χ3v) is 4.15. The Balaban J connectivity index is 2.63. The molecule has 0 aliphatic carbocycles. The highest BCUT2D eigenvalue weighted by Crippen LogP contribution is 3.02. The molecule has 0 saturated heterocycles. The largest absolute Gasteiger partial charge is 0.475 e. The molecule has 1 aliphatic heterocycles. The van der Waals surface area contributed by atoms with E-state index in [9.17, 15) is 37.4 Å². The summed E-state index contributed by atoms with van der Waals surface area (Å²) in [6.45, 7) is 0. The number of ether oxygens (including phenoxy) is 1. The third kappa shape index (κ3) is 3.71. The van der Waals surface area contributed by atoms with Gasteiger partial charge < -0.3 is 4.74 Å². The van der Waals surface area contributed by atoms with Gasteiger partial charge in [-0.05, 0) is 35.9 Å². The molecule has 0 saturated carbocycles. The van der Waals surface area contributed by atoms with Crippen LogP contribution in [0.2, 0.25) is 0 Å². The van der Waals surface area contributed by atoms with Crippen molar-refractivity contribution in [3.05, 3.63) is 29.3 Å². The van der Waals surface area contributed by atoms with Gasteiger partial charge in [0.2, 0.25) is 6.10 Å². The van der Waals surface area contributed by atoms with Gasteiger partial charge in [-0.2, -0.15) is 13.2 Å². The first-order chi connectivity index (χ1) is 9.99. The van der Waals surface area contributed by atoms with Gasteiger partial charge in [0.15, 0.2) is 0 Å². The van der Waals surface area contributed by atoms with Crippen molar-refractivity contribution in [3.63, 3.8) is 0 Å². The molecule has 130 valence electrons.